The summed E-state index contributed by atoms with van der Waals surface area (Å²) in [6.07, 6.45) is 0. The van der Waals surface area contributed by atoms with Crippen LogP contribution in [0.1, 0.15) is 22.6 Å². The van der Waals surface area contributed by atoms with E-state index in [9.17, 15) is 0 Å². The van der Waals surface area contributed by atoms with Gasteiger partial charge in [-0.1, -0.05) is 60.7 Å². The molecule has 0 fully saturated rings. The van der Waals surface area contributed by atoms with Gasteiger partial charge in [-0.05, 0) is 34.9 Å². The molecule has 0 aliphatic rings. The number of nitrogens with two attached hydrogens (primary N) is 1. The molecule has 0 aliphatic carbocycles. The second kappa shape index (κ2) is 8.52. The van der Waals surface area contributed by atoms with E-state index in [0.717, 1.165) is 16.8 Å². The largest absolute Gasteiger partial charge is 0.441 e. The Labute approximate surface area is 154 Å². The minimum atomic E-state index is -0.726. The van der Waals surface area contributed by atoms with Crippen molar-refractivity contribution in [3.05, 3.63) is 95.6 Å². The topological polar surface area (TPSA) is 53.7 Å². The Hall–Kier alpha value is -2.82. The average Bonchev–Trinajstić information content (AvgIpc) is 2.70. The summed E-state index contributed by atoms with van der Waals surface area (Å²) in [6.45, 7) is -0.726. The first-order valence-corrected chi connectivity index (χ1v) is 8.44. The summed E-state index contributed by atoms with van der Waals surface area (Å²) in [6, 6.07) is 26.2. The van der Waals surface area contributed by atoms with E-state index >= 15 is 0 Å². The highest BCUT2D eigenvalue weighted by atomic mass is 16.8. The second-order valence-corrected chi connectivity index (χ2v) is 5.92. The Morgan fingerprint density at radius 3 is 1.88 bits per heavy atom. The van der Waals surface area contributed by atoms with Crippen molar-refractivity contribution in [2.24, 2.45) is 0 Å². The van der Waals surface area contributed by atoms with Crippen LogP contribution in [-0.2, 0) is 9.47 Å². The number of hydrogen-bond acceptors (Lipinski definition) is 4. The van der Waals surface area contributed by atoms with Crippen LogP contribution in [0.4, 0.5) is 5.69 Å². The standard InChI is InChI=1S/C22H23NO3/c1-24-22(25-2)26-18-14-12-17(13-15-18)21(16-8-4-3-5-9-16)19-10-6-7-11-20(19)23/h3-15,21-22H,23H2,1-2H3. The third-order valence-electron chi connectivity index (χ3n) is 4.27. The summed E-state index contributed by atoms with van der Waals surface area (Å²) < 4.78 is 15.8. The summed E-state index contributed by atoms with van der Waals surface area (Å²) in [7, 11) is 3.07. The smallest absolute Gasteiger partial charge is 0.315 e. The van der Waals surface area contributed by atoms with Gasteiger partial charge >= 0.3 is 6.48 Å². The lowest BCUT2D eigenvalue weighted by Gasteiger charge is -2.21. The quantitative estimate of drug-likeness (QED) is 0.390. The molecule has 3 rings (SSSR count). The van der Waals surface area contributed by atoms with E-state index in [1.807, 2.05) is 60.7 Å². The van der Waals surface area contributed by atoms with Gasteiger partial charge in [0.05, 0.1) is 0 Å². The zero-order valence-electron chi connectivity index (χ0n) is 15.0. The van der Waals surface area contributed by atoms with Crippen molar-refractivity contribution in [3.63, 3.8) is 0 Å². The highest BCUT2D eigenvalue weighted by Crippen LogP contribution is 2.35. The molecule has 0 aromatic heterocycles. The molecule has 0 heterocycles. The van der Waals surface area contributed by atoms with Gasteiger partial charge in [-0.15, -0.1) is 0 Å². The molecule has 1 atom stereocenters. The molecular weight excluding hydrogens is 326 g/mol. The van der Waals surface area contributed by atoms with Crippen molar-refractivity contribution in [2.45, 2.75) is 12.4 Å². The van der Waals surface area contributed by atoms with E-state index in [1.165, 1.54) is 19.8 Å². The number of nitrogen functional groups attached to an aromatic ring is 1. The molecule has 3 aromatic rings. The van der Waals surface area contributed by atoms with E-state index in [-0.39, 0.29) is 5.92 Å². The summed E-state index contributed by atoms with van der Waals surface area (Å²) >= 11 is 0. The van der Waals surface area contributed by atoms with Crippen LogP contribution in [-0.4, -0.2) is 20.7 Å². The molecule has 0 bridgehead atoms. The molecule has 1 unspecified atom stereocenters. The van der Waals surface area contributed by atoms with Crippen LogP contribution in [0.15, 0.2) is 78.9 Å². The maximum atomic E-state index is 6.27. The van der Waals surface area contributed by atoms with Crippen molar-refractivity contribution >= 4 is 5.69 Å². The van der Waals surface area contributed by atoms with Crippen molar-refractivity contribution < 1.29 is 14.2 Å². The molecule has 4 nitrogen and oxygen atoms in total. The number of benzene rings is 3. The Balaban J connectivity index is 1.97. The van der Waals surface area contributed by atoms with Gasteiger partial charge in [0.15, 0.2) is 0 Å². The number of methoxy groups -OCH3 is 2. The number of ether oxygens (including phenoxy) is 3. The Morgan fingerprint density at radius 2 is 1.27 bits per heavy atom. The number of anilines is 1. The molecule has 134 valence electrons. The zero-order valence-corrected chi connectivity index (χ0v) is 15.0. The van der Waals surface area contributed by atoms with E-state index in [2.05, 4.69) is 18.2 Å². The first-order valence-electron chi connectivity index (χ1n) is 8.44. The number of para-hydroxylation sites is 1. The van der Waals surface area contributed by atoms with Gasteiger partial charge in [0.25, 0.3) is 0 Å². The first kappa shape index (κ1) is 18.0. The fourth-order valence-corrected chi connectivity index (χ4v) is 3.01. The molecule has 4 heteroatoms. The molecule has 0 spiro atoms. The highest BCUT2D eigenvalue weighted by molar-refractivity contribution is 5.56. The Morgan fingerprint density at radius 1 is 0.692 bits per heavy atom. The average molecular weight is 349 g/mol. The van der Waals surface area contributed by atoms with Gasteiger partial charge in [-0.3, -0.25) is 0 Å². The summed E-state index contributed by atoms with van der Waals surface area (Å²) in [5.41, 5.74) is 10.4. The number of rotatable bonds is 7. The third-order valence-corrected chi connectivity index (χ3v) is 4.27. The van der Waals surface area contributed by atoms with Crippen molar-refractivity contribution in [1.29, 1.82) is 0 Å². The molecule has 0 radical (unpaired) electrons. The van der Waals surface area contributed by atoms with Gasteiger partial charge in [0.1, 0.15) is 5.75 Å². The minimum Gasteiger partial charge on any atom is -0.441 e. The van der Waals surface area contributed by atoms with Crippen LogP contribution in [0.3, 0.4) is 0 Å². The van der Waals surface area contributed by atoms with Gasteiger partial charge in [-0.25, -0.2) is 0 Å². The number of hydrogen-bond donors (Lipinski definition) is 1. The Kier molecular flexibility index (Phi) is 5.89. The lowest BCUT2D eigenvalue weighted by atomic mass is 9.84. The van der Waals surface area contributed by atoms with Gasteiger partial charge < -0.3 is 19.9 Å². The van der Waals surface area contributed by atoms with Gasteiger partial charge in [-0.2, -0.15) is 0 Å². The SMILES string of the molecule is COC(OC)Oc1ccc(C(c2ccccc2)c2ccccc2N)cc1. The zero-order chi connectivity index (χ0) is 18.4. The van der Waals surface area contributed by atoms with Crippen molar-refractivity contribution in [2.75, 3.05) is 20.0 Å². The monoisotopic (exact) mass is 349 g/mol. The van der Waals surface area contributed by atoms with Gasteiger partial charge in [0, 0.05) is 25.8 Å². The molecule has 0 amide bonds. The van der Waals surface area contributed by atoms with Crippen LogP contribution in [0.5, 0.6) is 5.75 Å². The highest BCUT2D eigenvalue weighted by Gasteiger charge is 2.19. The first-order chi connectivity index (χ1) is 12.7. The summed E-state index contributed by atoms with van der Waals surface area (Å²) in [5.74, 6) is 0.724. The minimum absolute atomic E-state index is 0.0482. The van der Waals surface area contributed by atoms with E-state index in [1.54, 1.807) is 0 Å². The van der Waals surface area contributed by atoms with E-state index in [0.29, 0.717) is 5.75 Å². The molecule has 3 aromatic carbocycles. The predicted molar refractivity (Wildman–Crippen MR) is 103 cm³/mol. The Bertz CT molecular complexity index is 814. The van der Waals surface area contributed by atoms with Crippen molar-refractivity contribution in [1.82, 2.24) is 0 Å². The molecule has 0 saturated carbocycles. The third kappa shape index (κ3) is 4.04. The van der Waals surface area contributed by atoms with Crippen LogP contribution in [0, 0.1) is 0 Å². The lowest BCUT2D eigenvalue weighted by Crippen LogP contribution is -2.20. The summed E-state index contributed by atoms with van der Waals surface area (Å²) in [5, 5.41) is 0. The van der Waals surface area contributed by atoms with Crippen LogP contribution >= 0.6 is 0 Å². The predicted octanol–water partition coefficient (Wildman–Crippen LogP) is 4.40. The van der Waals surface area contributed by atoms with Crippen molar-refractivity contribution in [3.8, 4) is 5.75 Å². The maximum absolute atomic E-state index is 6.27. The van der Waals surface area contributed by atoms with E-state index in [4.69, 9.17) is 19.9 Å². The van der Waals surface area contributed by atoms with Crippen LogP contribution in [0.25, 0.3) is 0 Å². The van der Waals surface area contributed by atoms with Crippen LogP contribution in [0.2, 0.25) is 0 Å². The lowest BCUT2D eigenvalue weighted by molar-refractivity contribution is -0.219. The molecule has 0 aliphatic heterocycles. The normalized spacial score (nSPS) is 12.1. The van der Waals surface area contributed by atoms with Gasteiger partial charge in [0.2, 0.25) is 0 Å². The second-order valence-electron chi connectivity index (χ2n) is 5.92. The summed E-state index contributed by atoms with van der Waals surface area (Å²) in [4.78, 5) is 0. The molecule has 26 heavy (non-hydrogen) atoms. The molecule has 0 saturated heterocycles. The molecule has 2 N–H and O–H groups in total. The van der Waals surface area contributed by atoms with Crippen LogP contribution < -0.4 is 10.5 Å². The fraction of sp³-hybridized carbons (Fsp3) is 0.182. The fourth-order valence-electron chi connectivity index (χ4n) is 3.01. The van der Waals surface area contributed by atoms with E-state index < -0.39 is 6.48 Å². The maximum Gasteiger partial charge on any atom is 0.315 e. The molecular formula is C22H23NO3.